The summed E-state index contributed by atoms with van der Waals surface area (Å²) < 4.78 is 5.43. The summed E-state index contributed by atoms with van der Waals surface area (Å²) in [6.45, 7) is 5.19. The molecule has 0 aliphatic carbocycles. The zero-order chi connectivity index (χ0) is 7.66. The van der Waals surface area contributed by atoms with Gasteiger partial charge in [-0.3, -0.25) is 0 Å². The second kappa shape index (κ2) is 8.92. The van der Waals surface area contributed by atoms with E-state index in [4.69, 9.17) is 4.43 Å². The van der Waals surface area contributed by atoms with E-state index in [0.717, 1.165) is 13.0 Å². The SMILES string of the molecule is CCC=CCO[SiH2]CCC. The number of rotatable bonds is 6. The lowest BCUT2D eigenvalue weighted by Gasteiger charge is -1.96. The highest BCUT2D eigenvalue weighted by Gasteiger charge is 1.82. The summed E-state index contributed by atoms with van der Waals surface area (Å²) in [6.07, 6.45) is 6.67. The van der Waals surface area contributed by atoms with E-state index in [1.54, 1.807) is 0 Å². The Kier molecular flexibility index (Phi) is 8.84. The molecule has 2 heteroatoms. The first-order chi connectivity index (χ1) is 4.91. The van der Waals surface area contributed by atoms with Crippen LogP contribution in [0.25, 0.3) is 0 Å². The Bertz CT molecular complexity index is 81.3. The van der Waals surface area contributed by atoms with E-state index in [0.29, 0.717) is 0 Å². The first kappa shape index (κ1) is 9.92. The largest absolute Gasteiger partial charge is 0.420 e. The molecule has 0 bridgehead atoms. The smallest absolute Gasteiger partial charge is 0.162 e. The predicted molar refractivity (Wildman–Crippen MR) is 49.0 cm³/mol. The van der Waals surface area contributed by atoms with Gasteiger partial charge in [0.2, 0.25) is 0 Å². The molecule has 0 amide bonds. The summed E-state index contributed by atoms with van der Waals surface area (Å²) in [6, 6.07) is 1.32. The minimum Gasteiger partial charge on any atom is -0.420 e. The molecule has 0 rings (SSSR count). The highest BCUT2D eigenvalue weighted by atomic mass is 28.2. The quantitative estimate of drug-likeness (QED) is 0.326. The Balaban J connectivity index is 2.83. The zero-order valence-electron chi connectivity index (χ0n) is 7.10. The van der Waals surface area contributed by atoms with Gasteiger partial charge in [-0.25, -0.2) is 0 Å². The topological polar surface area (TPSA) is 9.23 Å². The lowest BCUT2D eigenvalue weighted by atomic mass is 10.4. The van der Waals surface area contributed by atoms with E-state index >= 15 is 0 Å². The van der Waals surface area contributed by atoms with Crippen molar-refractivity contribution in [1.82, 2.24) is 0 Å². The van der Waals surface area contributed by atoms with Gasteiger partial charge in [-0.1, -0.05) is 32.4 Å². The Morgan fingerprint density at radius 3 is 2.70 bits per heavy atom. The highest BCUT2D eigenvalue weighted by Crippen LogP contribution is 1.87. The van der Waals surface area contributed by atoms with E-state index < -0.39 is 0 Å². The minimum atomic E-state index is -0.168. The molecular formula is C8H18OSi. The van der Waals surface area contributed by atoms with Crippen molar-refractivity contribution in [2.45, 2.75) is 32.7 Å². The molecule has 0 atom stereocenters. The second-order valence-electron chi connectivity index (χ2n) is 2.31. The lowest BCUT2D eigenvalue weighted by molar-refractivity contribution is 0.384. The van der Waals surface area contributed by atoms with Gasteiger partial charge in [-0.2, -0.15) is 0 Å². The van der Waals surface area contributed by atoms with Crippen molar-refractivity contribution in [2.24, 2.45) is 0 Å². The van der Waals surface area contributed by atoms with E-state index in [2.05, 4.69) is 26.0 Å². The Morgan fingerprint density at radius 1 is 1.30 bits per heavy atom. The minimum absolute atomic E-state index is 0.168. The van der Waals surface area contributed by atoms with Crippen molar-refractivity contribution >= 4 is 9.76 Å². The molecule has 0 N–H and O–H groups in total. The lowest BCUT2D eigenvalue weighted by Crippen LogP contribution is -1.96. The third kappa shape index (κ3) is 7.92. The summed E-state index contributed by atoms with van der Waals surface area (Å²) >= 11 is 0. The first-order valence-electron chi connectivity index (χ1n) is 4.14. The molecule has 60 valence electrons. The normalized spacial score (nSPS) is 12.2. The zero-order valence-corrected chi connectivity index (χ0v) is 8.51. The second-order valence-corrected chi connectivity index (χ2v) is 3.83. The van der Waals surface area contributed by atoms with Gasteiger partial charge in [0, 0.05) is 0 Å². The fourth-order valence-corrected chi connectivity index (χ4v) is 1.43. The molecule has 0 aromatic carbocycles. The molecule has 0 heterocycles. The highest BCUT2D eigenvalue weighted by molar-refractivity contribution is 6.26. The van der Waals surface area contributed by atoms with Crippen LogP contribution in [-0.2, 0) is 4.43 Å². The van der Waals surface area contributed by atoms with Crippen LogP contribution in [0.3, 0.4) is 0 Å². The average Bonchev–Trinajstić information content (AvgIpc) is 1.97. The van der Waals surface area contributed by atoms with Crippen LogP contribution in [-0.4, -0.2) is 16.4 Å². The van der Waals surface area contributed by atoms with E-state index in [-0.39, 0.29) is 9.76 Å². The summed E-state index contributed by atoms with van der Waals surface area (Å²) in [5.74, 6) is 0. The maximum atomic E-state index is 5.43. The Morgan fingerprint density at radius 2 is 2.10 bits per heavy atom. The van der Waals surface area contributed by atoms with Gasteiger partial charge in [0.15, 0.2) is 9.76 Å². The molecule has 0 fully saturated rings. The molecule has 1 nitrogen and oxygen atoms in total. The maximum Gasteiger partial charge on any atom is 0.162 e. The summed E-state index contributed by atoms with van der Waals surface area (Å²) in [7, 11) is -0.168. The fourth-order valence-electron chi connectivity index (χ4n) is 0.632. The van der Waals surface area contributed by atoms with Crippen molar-refractivity contribution in [2.75, 3.05) is 6.61 Å². The molecule has 0 unspecified atom stereocenters. The van der Waals surface area contributed by atoms with Crippen LogP contribution in [0.1, 0.15) is 26.7 Å². The molecule has 0 aliphatic heterocycles. The fraction of sp³-hybridized carbons (Fsp3) is 0.750. The third-order valence-electron chi connectivity index (χ3n) is 1.26. The third-order valence-corrected chi connectivity index (χ3v) is 2.78. The number of allylic oxidation sites excluding steroid dienone is 1. The van der Waals surface area contributed by atoms with Crippen molar-refractivity contribution < 1.29 is 4.43 Å². The van der Waals surface area contributed by atoms with Gasteiger partial charge in [-0.15, -0.1) is 0 Å². The molecular weight excluding hydrogens is 140 g/mol. The van der Waals surface area contributed by atoms with Crippen LogP contribution < -0.4 is 0 Å². The molecule has 10 heavy (non-hydrogen) atoms. The summed E-state index contributed by atoms with van der Waals surface area (Å²) in [5, 5.41) is 0. The molecule has 0 radical (unpaired) electrons. The van der Waals surface area contributed by atoms with Crippen LogP contribution in [0.5, 0.6) is 0 Å². The van der Waals surface area contributed by atoms with Crippen molar-refractivity contribution in [1.29, 1.82) is 0 Å². The number of hydrogen-bond acceptors (Lipinski definition) is 1. The summed E-state index contributed by atoms with van der Waals surface area (Å²) in [5.41, 5.74) is 0. The number of hydrogen-bond donors (Lipinski definition) is 0. The van der Waals surface area contributed by atoms with Crippen molar-refractivity contribution in [3.8, 4) is 0 Å². The Hall–Kier alpha value is -0.0831. The first-order valence-corrected chi connectivity index (χ1v) is 5.72. The molecule has 0 saturated heterocycles. The van der Waals surface area contributed by atoms with E-state index in [1.165, 1.54) is 12.5 Å². The Labute approximate surface area is 66.4 Å². The predicted octanol–water partition coefficient (Wildman–Crippen LogP) is 1.88. The van der Waals surface area contributed by atoms with Gasteiger partial charge in [0.25, 0.3) is 0 Å². The average molecular weight is 158 g/mol. The molecule has 0 aromatic heterocycles. The van der Waals surface area contributed by atoms with Gasteiger partial charge in [0.05, 0.1) is 6.61 Å². The standard InChI is InChI=1S/C8H18OSi/c1-3-5-6-7-9-10-8-4-2/h5-6H,3-4,7-8,10H2,1-2H3. The van der Waals surface area contributed by atoms with Gasteiger partial charge in [0.1, 0.15) is 0 Å². The monoisotopic (exact) mass is 158 g/mol. The molecule has 0 saturated carbocycles. The van der Waals surface area contributed by atoms with E-state index in [1.807, 2.05) is 0 Å². The van der Waals surface area contributed by atoms with Gasteiger partial charge in [-0.05, 0) is 12.5 Å². The molecule has 0 aliphatic rings. The van der Waals surface area contributed by atoms with E-state index in [9.17, 15) is 0 Å². The maximum absolute atomic E-state index is 5.43. The van der Waals surface area contributed by atoms with Gasteiger partial charge < -0.3 is 4.43 Å². The molecule has 0 aromatic rings. The van der Waals surface area contributed by atoms with Gasteiger partial charge >= 0.3 is 0 Å². The van der Waals surface area contributed by atoms with Crippen LogP contribution in [0, 0.1) is 0 Å². The summed E-state index contributed by atoms with van der Waals surface area (Å²) in [4.78, 5) is 0. The van der Waals surface area contributed by atoms with Crippen LogP contribution >= 0.6 is 0 Å². The molecule has 0 spiro atoms. The van der Waals surface area contributed by atoms with Crippen LogP contribution in [0.15, 0.2) is 12.2 Å². The van der Waals surface area contributed by atoms with Crippen molar-refractivity contribution in [3.05, 3.63) is 12.2 Å². The van der Waals surface area contributed by atoms with Crippen LogP contribution in [0.4, 0.5) is 0 Å². The van der Waals surface area contributed by atoms with Crippen molar-refractivity contribution in [3.63, 3.8) is 0 Å². The van der Waals surface area contributed by atoms with Crippen LogP contribution in [0.2, 0.25) is 6.04 Å².